The van der Waals surface area contributed by atoms with E-state index in [1.165, 1.54) is 12.1 Å². The number of anilines is 1. The van der Waals surface area contributed by atoms with Crippen molar-refractivity contribution in [2.24, 2.45) is 0 Å². The second-order valence-electron chi connectivity index (χ2n) is 4.92. The van der Waals surface area contributed by atoms with Crippen LogP contribution in [0.25, 0.3) is 28.2 Å². The van der Waals surface area contributed by atoms with Gasteiger partial charge in [-0.25, -0.2) is 14.4 Å². The molecular weight excluding hydrogens is 295 g/mol. The zero-order chi connectivity index (χ0) is 15.8. The van der Waals surface area contributed by atoms with Crippen molar-refractivity contribution in [2.45, 2.75) is 0 Å². The number of halogens is 1. The third kappa shape index (κ3) is 2.28. The number of rotatable bonds is 2. The Bertz CT molecular complexity index is 979. The minimum Gasteiger partial charge on any atom is -0.368 e. The van der Waals surface area contributed by atoms with E-state index in [9.17, 15) is 4.39 Å². The number of nitrogen functional groups attached to an aromatic ring is 1. The smallest absolute Gasteiger partial charge is 0.222 e. The van der Waals surface area contributed by atoms with Crippen molar-refractivity contribution < 1.29 is 4.39 Å². The third-order valence-electron chi connectivity index (χ3n) is 3.44. The van der Waals surface area contributed by atoms with Gasteiger partial charge in [0.15, 0.2) is 5.65 Å². The maximum absolute atomic E-state index is 13.3. The first-order valence-corrected chi connectivity index (χ1v) is 6.90. The zero-order valence-electron chi connectivity index (χ0n) is 11.9. The fourth-order valence-corrected chi connectivity index (χ4v) is 2.42. The van der Waals surface area contributed by atoms with Crippen LogP contribution in [0, 0.1) is 5.82 Å². The Kier molecular flexibility index (Phi) is 2.97. The molecule has 3 aromatic heterocycles. The summed E-state index contributed by atoms with van der Waals surface area (Å²) < 4.78 is 15.1. The SMILES string of the molecule is Nc1ncc2nc(-c3ccncc3)n(-c3ccc(F)cc3)c2n1. The van der Waals surface area contributed by atoms with Gasteiger partial charge in [-0.3, -0.25) is 9.55 Å². The van der Waals surface area contributed by atoms with Crippen LogP contribution in [0.5, 0.6) is 0 Å². The van der Waals surface area contributed by atoms with Crippen LogP contribution in [0.1, 0.15) is 0 Å². The predicted octanol–water partition coefficient (Wildman–Crippen LogP) is 2.60. The fourth-order valence-electron chi connectivity index (χ4n) is 2.42. The van der Waals surface area contributed by atoms with Gasteiger partial charge >= 0.3 is 0 Å². The van der Waals surface area contributed by atoms with Crippen molar-refractivity contribution in [3.8, 4) is 17.1 Å². The Morgan fingerprint density at radius 3 is 2.43 bits per heavy atom. The number of nitrogens with zero attached hydrogens (tertiary/aromatic N) is 5. The highest BCUT2D eigenvalue weighted by Gasteiger charge is 2.16. The van der Waals surface area contributed by atoms with Gasteiger partial charge in [0.2, 0.25) is 5.95 Å². The molecule has 0 aliphatic rings. The summed E-state index contributed by atoms with van der Waals surface area (Å²) in [5, 5.41) is 0. The molecule has 0 bridgehead atoms. The number of benzene rings is 1. The number of hydrogen-bond acceptors (Lipinski definition) is 5. The predicted molar refractivity (Wildman–Crippen MR) is 84.3 cm³/mol. The highest BCUT2D eigenvalue weighted by Crippen LogP contribution is 2.27. The first-order valence-electron chi connectivity index (χ1n) is 6.90. The molecule has 0 radical (unpaired) electrons. The molecule has 0 fully saturated rings. The van der Waals surface area contributed by atoms with Crippen LogP contribution in [-0.4, -0.2) is 24.5 Å². The Balaban J connectivity index is 2.06. The van der Waals surface area contributed by atoms with E-state index in [-0.39, 0.29) is 11.8 Å². The number of pyridine rings is 1. The summed E-state index contributed by atoms with van der Waals surface area (Å²) in [6.07, 6.45) is 4.94. The molecular formula is C16H11FN6. The lowest BCUT2D eigenvalue weighted by Gasteiger charge is -2.08. The molecule has 0 saturated carbocycles. The van der Waals surface area contributed by atoms with E-state index in [0.717, 1.165) is 11.3 Å². The Morgan fingerprint density at radius 2 is 1.70 bits per heavy atom. The molecule has 2 N–H and O–H groups in total. The summed E-state index contributed by atoms with van der Waals surface area (Å²) in [7, 11) is 0. The molecule has 112 valence electrons. The van der Waals surface area contributed by atoms with Crippen LogP contribution in [0.4, 0.5) is 10.3 Å². The number of hydrogen-bond donors (Lipinski definition) is 1. The summed E-state index contributed by atoms with van der Waals surface area (Å²) in [6.45, 7) is 0. The molecule has 0 aliphatic heterocycles. The summed E-state index contributed by atoms with van der Waals surface area (Å²) in [5.74, 6) is 0.508. The maximum atomic E-state index is 13.3. The van der Waals surface area contributed by atoms with Crippen molar-refractivity contribution in [3.63, 3.8) is 0 Å². The molecule has 0 amide bonds. The second-order valence-corrected chi connectivity index (χ2v) is 4.92. The highest BCUT2D eigenvalue weighted by atomic mass is 19.1. The Hall–Kier alpha value is -3.35. The van der Waals surface area contributed by atoms with E-state index in [2.05, 4.69) is 19.9 Å². The average Bonchev–Trinajstić information content (AvgIpc) is 2.95. The number of aromatic nitrogens is 5. The number of nitrogens with two attached hydrogens (primary N) is 1. The lowest BCUT2D eigenvalue weighted by Crippen LogP contribution is -2.01. The van der Waals surface area contributed by atoms with Crippen LogP contribution in [0.3, 0.4) is 0 Å². The quantitative estimate of drug-likeness (QED) is 0.615. The molecule has 7 heteroatoms. The minimum absolute atomic E-state index is 0.155. The summed E-state index contributed by atoms with van der Waals surface area (Å²) in [4.78, 5) is 16.9. The van der Waals surface area contributed by atoms with Gasteiger partial charge in [0.25, 0.3) is 0 Å². The van der Waals surface area contributed by atoms with Crippen molar-refractivity contribution >= 4 is 17.1 Å². The van der Waals surface area contributed by atoms with Gasteiger partial charge in [0.05, 0.1) is 6.20 Å². The standard InChI is InChI=1S/C16H11FN6/c17-11-1-3-12(4-2-11)23-14(10-5-7-19-8-6-10)21-13-9-20-16(18)22-15(13)23/h1-9H,(H2,18,20,22). The first kappa shape index (κ1) is 13.3. The van der Waals surface area contributed by atoms with Crippen LogP contribution < -0.4 is 5.73 Å². The summed E-state index contributed by atoms with van der Waals surface area (Å²) in [6, 6.07) is 9.80. The largest absolute Gasteiger partial charge is 0.368 e. The van der Waals surface area contributed by atoms with E-state index >= 15 is 0 Å². The number of fused-ring (bicyclic) bond motifs is 1. The van der Waals surface area contributed by atoms with Crippen LogP contribution in [0.2, 0.25) is 0 Å². The molecule has 6 nitrogen and oxygen atoms in total. The lowest BCUT2D eigenvalue weighted by atomic mass is 10.2. The summed E-state index contributed by atoms with van der Waals surface area (Å²) >= 11 is 0. The highest BCUT2D eigenvalue weighted by molar-refractivity contribution is 5.80. The van der Waals surface area contributed by atoms with Gasteiger partial charge in [-0.05, 0) is 36.4 Å². The van der Waals surface area contributed by atoms with Crippen LogP contribution >= 0.6 is 0 Å². The van der Waals surface area contributed by atoms with E-state index in [1.54, 1.807) is 30.7 Å². The monoisotopic (exact) mass is 306 g/mol. The van der Waals surface area contributed by atoms with E-state index in [0.29, 0.717) is 17.0 Å². The molecule has 0 unspecified atom stereocenters. The van der Waals surface area contributed by atoms with E-state index in [1.807, 2.05) is 16.7 Å². The van der Waals surface area contributed by atoms with Crippen molar-refractivity contribution in [2.75, 3.05) is 5.73 Å². The Morgan fingerprint density at radius 1 is 0.957 bits per heavy atom. The zero-order valence-corrected chi connectivity index (χ0v) is 11.9. The molecule has 0 spiro atoms. The van der Waals surface area contributed by atoms with Gasteiger partial charge in [-0.2, -0.15) is 4.98 Å². The van der Waals surface area contributed by atoms with Crippen LogP contribution in [0.15, 0.2) is 55.0 Å². The molecule has 23 heavy (non-hydrogen) atoms. The van der Waals surface area contributed by atoms with Crippen molar-refractivity contribution in [1.29, 1.82) is 0 Å². The molecule has 0 atom stereocenters. The fraction of sp³-hybridized carbons (Fsp3) is 0. The lowest BCUT2D eigenvalue weighted by molar-refractivity contribution is 0.627. The van der Waals surface area contributed by atoms with E-state index < -0.39 is 0 Å². The second kappa shape index (κ2) is 5.13. The normalized spacial score (nSPS) is 11.0. The molecule has 4 aromatic rings. The number of imidazole rings is 1. The molecule has 1 aromatic carbocycles. The van der Waals surface area contributed by atoms with Crippen LogP contribution in [-0.2, 0) is 0 Å². The van der Waals surface area contributed by atoms with Gasteiger partial charge in [0, 0.05) is 23.6 Å². The maximum Gasteiger partial charge on any atom is 0.222 e. The molecule has 0 aliphatic carbocycles. The van der Waals surface area contributed by atoms with Gasteiger partial charge < -0.3 is 5.73 Å². The molecule has 4 rings (SSSR count). The third-order valence-corrected chi connectivity index (χ3v) is 3.44. The Labute approximate surface area is 130 Å². The summed E-state index contributed by atoms with van der Waals surface area (Å²) in [5.41, 5.74) is 8.48. The first-order chi connectivity index (χ1) is 11.2. The van der Waals surface area contributed by atoms with Gasteiger partial charge in [-0.15, -0.1) is 0 Å². The average molecular weight is 306 g/mol. The minimum atomic E-state index is -0.308. The molecule has 3 heterocycles. The van der Waals surface area contributed by atoms with Gasteiger partial charge in [-0.1, -0.05) is 0 Å². The molecule has 0 saturated heterocycles. The van der Waals surface area contributed by atoms with E-state index in [4.69, 9.17) is 5.73 Å². The topological polar surface area (TPSA) is 82.5 Å². The van der Waals surface area contributed by atoms with Gasteiger partial charge in [0.1, 0.15) is 17.2 Å². The van der Waals surface area contributed by atoms with Crippen molar-refractivity contribution in [3.05, 3.63) is 60.8 Å². The van der Waals surface area contributed by atoms with Crippen molar-refractivity contribution in [1.82, 2.24) is 24.5 Å².